The molecule has 0 aromatic heterocycles. The number of primary amides is 1. The van der Waals surface area contributed by atoms with E-state index in [9.17, 15) is 4.79 Å². The van der Waals surface area contributed by atoms with Crippen molar-refractivity contribution in [3.63, 3.8) is 0 Å². The normalized spacial score (nSPS) is 17.8. The Morgan fingerprint density at radius 2 is 1.80 bits per heavy atom. The van der Waals surface area contributed by atoms with Gasteiger partial charge >= 0.3 is 24.9 Å². The molecule has 0 bridgehead atoms. The van der Waals surface area contributed by atoms with Crippen LogP contribution in [-0.2, 0) is 0 Å². The van der Waals surface area contributed by atoms with Crippen LogP contribution in [0.4, 0.5) is 4.79 Å². The number of carbonyl (C=O) groups is 1. The van der Waals surface area contributed by atoms with Crippen molar-refractivity contribution in [2.45, 2.75) is 19.3 Å². The number of urea groups is 1. The van der Waals surface area contributed by atoms with Gasteiger partial charge in [0.25, 0.3) is 0 Å². The molecule has 1 heterocycles. The Morgan fingerprint density at radius 1 is 1.30 bits per heavy atom. The number of amides is 2. The summed E-state index contributed by atoms with van der Waals surface area (Å²) in [5.41, 5.74) is 5.05. The Labute approximate surface area is 74.6 Å². The van der Waals surface area contributed by atoms with Gasteiger partial charge in [-0.25, -0.2) is 4.79 Å². The Kier molecular flexibility index (Phi) is 4.59. The van der Waals surface area contributed by atoms with Crippen LogP contribution >= 0.6 is 0 Å². The zero-order chi connectivity index (χ0) is 6.69. The molecule has 0 aromatic rings. The molecule has 0 radical (unpaired) electrons. The van der Waals surface area contributed by atoms with Crippen LogP contribution in [0.5, 0.6) is 0 Å². The van der Waals surface area contributed by atoms with Crippen molar-refractivity contribution in [3.8, 4) is 0 Å². The maximum atomic E-state index is 10.5. The van der Waals surface area contributed by atoms with Gasteiger partial charge in [-0.3, -0.25) is 0 Å². The Balaban J connectivity index is 0. The molecule has 1 saturated heterocycles. The quantitative estimate of drug-likeness (QED) is 0.373. The molecule has 0 saturated carbocycles. The van der Waals surface area contributed by atoms with Crippen LogP contribution in [0.15, 0.2) is 0 Å². The Morgan fingerprint density at radius 3 is 2.10 bits per heavy atom. The van der Waals surface area contributed by atoms with E-state index in [2.05, 4.69) is 0 Å². The van der Waals surface area contributed by atoms with Gasteiger partial charge in [-0.2, -0.15) is 0 Å². The van der Waals surface area contributed by atoms with Crippen LogP contribution in [0.3, 0.4) is 0 Å². The molecule has 1 fully saturated rings. The first kappa shape index (κ1) is 9.87. The zero-order valence-electron chi connectivity index (χ0n) is 7.47. The molecule has 10 heavy (non-hydrogen) atoms. The predicted molar refractivity (Wildman–Crippen MR) is 36.1 cm³/mol. The molecular formula is C6H13LiN2O. The predicted octanol–water partition coefficient (Wildman–Crippen LogP) is -2.33. The first-order valence-electron chi connectivity index (χ1n) is 3.35. The van der Waals surface area contributed by atoms with Gasteiger partial charge in [0.15, 0.2) is 0 Å². The van der Waals surface area contributed by atoms with Crippen molar-refractivity contribution in [3.05, 3.63) is 0 Å². The second-order valence-electron chi connectivity index (χ2n) is 2.39. The number of hydrogen-bond acceptors (Lipinski definition) is 1. The molecule has 0 aliphatic carbocycles. The van der Waals surface area contributed by atoms with Gasteiger partial charge in [0, 0.05) is 13.1 Å². The fraction of sp³-hybridized carbons (Fsp3) is 0.833. The largest absolute Gasteiger partial charge is 1.00 e. The summed E-state index contributed by atoms with van der Waals surface area (Å²) < 4.78 is 0. The van der Waals surface area contributed by atoms with Crippen LogP contribution in [0.2, 0.25) is 0 Å². The number of rotatable bonds is 0. The summed E-state index contributed by atoms with van der Waals surface area (Å²) in [7, 11) is 0. The van der Waals surface area contributed by atoms with E-state index >= 15 is 0 Å². The first-order chi connectivity index (χ1) is 4.30. The van der Waals surface area contributed by atoms with Crippen molar-refractivity contribution >= 4 is 6.03 Å². The second kappa shape index (κ2) is 4.65. The van der Waals surface area contributed by atoms with Crippen molar-refractivity contribution in [1.29, 1.82) is 0 Å². The van der Waals surface area contributed by atoms with Gasteiger partial charge < -0.3 is 12.1 Å². The summed E-state index contributed by atoms with van der Waals surface area (Å²) >= 11 is 0. The van der Waals surface area contributed by atoms with Crippen molar-refractivity contribution in [2.75, 3.05) is 13.1 Å². The molecule has 0 aromatic carbocycles. The molecule has 2 amide bonds. The fourth-order valence-corrected chi connectivity index (χ4v) is 1.11. The maximum Gasteiger partial charge on any atom is 1.00 e. The average Bonchev–Trinajstić information content (AvgIpc) is 1.90. The number of nitrogens with zero attached hydrogens (tertiary/aromatic N) is 1. The molecule has 1 aliphatic rings. The van der Waals surface area contributed by atoms with Gasteiger partial charge in [0.05, 0.1) is 0 Å². The van der Waals surface area contributed by atoms with Crippen LogP contribution in [0.1, 0.15) is 20.7 Å². The van der Waals surface area contributed by atoms with Crippen LogP contribution in [0, 0.1) is 0 Å². The molecule has 54 valence electrons. The third-order valence-electron chi connectivity index (χ3n) is 1.67. The summed E-state index contributed by atoms with van der Waals surface area (Å²) in [6.07, 6.45) is 3.47. The van der Waals surface area contributed by atoms with Gasteiger partial charge in [0.2, 0.25) is 0 Å². The van der Waals surface area contributed by atoms with E-state index < -0.39 is 0 Å². The fourth-order valence-electron chi connectivity index (χ4n) is 1.11. The van der Waals surface area contributed by atoms with Crippen molar-refractivity contribution in [2.24, 2.45) is 5.73 Å². The van der Waals surface area contributed by atoms with E-state index in [-0.39, 0.29) is 26.3 Å². The molecule has 1 aliphatic heterocycles. The Hall–Kier alpha value is -0.133. The van der Waals surface area contributed by atoms with Crippen molar-refractivity contribution < 1.29 is 25.1 Å². The number of carbonyl (C=O) groups excluding carboxylic acids is 1. The van der Waals surface area contributed by atoms with Gasteiger partial charge in [0.1, 0.15) is 0 Å². The molecule has 2 N–H and O–H groups in total. The molecule has 0 atom stereocenters. The number of piperidine rings is 1. The van der Waals surface area contributed by atoms with E-state index in [0.717, 1.165) is 25.9 Å². The van der Waals surface area contributed by atoms with Gasteiger partial charge in [-0.1, -0.05) is 0 Å². The van der Waals surface area contributed by atoms with E-state index in [1.807, 2.05) is 0 Å². The van der Waals surface area contributed by atoms with Gasteiger partial charge in [-0.15, -0.1) is 0 Å². The maximum absolute atomic E-state index is 10.5. The molecule has 0 unspecified atom stereocenters. The van der Waals surface area contributed by atoms with E-state index in [0.29, 0.717) is 0 Å². The minimum absolute atomic E-state index is 0. The summed E-state index contributed by atoms with van der Waals surface area (Å²) in [4.78, 5) is 12.2. The Bertz CT molecular complexity index is 117. The smallest absolute Gasteiger partial charge is 1.00 e. The van der Waals surface area contributed by atoms with Gasteiger partial charge in [-0.05, 0) is 19.3 Å². The topological polar surface area (TPSA) is 46.3 Å². The molecule has 4 heteroatoms. The molecule has 1 rings (SSSR count). The monoisotopic (exact) mass is 136 g/mol. The minimum Gasteiger partial charge on any atom is -1.00 e. The van der Waals surface area contributed by atoms with E-state index in [1.165, 1.54) is 6.42 Å². The van der Waals surface area contributed by atoms with E-state index in [4.69, 9.17) is 5.73 Å². The number of hydrogen-bond donors (Lipinski definition) is 1. The van der Waals surface area contributed by atoms with E-state index in [1.54, 1.807) is 4.90 Å². The molecule has 3 nitrogen and oxygen atoms in total. The van der Waals surface area contributed by atoms with Crippen LogP contribution < -0.4 is 24.6 Å². The standard InChI is InChI=1S/C6H12N2O.Li.H/c7-6(9)8-4-2-1-3-5-8;;/h1-5H2,(H2,7,9);;/q;+1;-1. The van der Waals surface area contributed by atoms with Crippen LogP contribution in [-0.4, -0.2) is 24.0 Å². The minimum atomic E-state index is -0.269. The summed E-state index contributed by atoms with van der Waals surface area (Å²) in [5.74, 6) is 0. The summed E-state index contributed by atoms with van der Waals surface area (Å²) in [6, 6.07) is -0.269. The number of likely N-dealkylation sites (tertiary alicyclic amines) is 1. The third-order valence-corrected chi connectivity index (χ3v) is 1.67. The second-order valence-corrected chi connectivity index (χ2v) is 2.39. The number of nitrogens with two attached hydrogens (primary N) is 1. The SMILES string of the molecule is NC(=O)N1CCCCC1.[H-].[Li+]. The summed E-state index contributed by atoms with van der Waals surface area (Å²) in [5, 5.41) is 0. The average molecular weight is 136 g/mol. The first-order valence-corrected chi connectivity index (χ1v) is 3.35. The third kappa shape index (κ3) is 2.63. The zero-order valence-corrected chi connectivity index (χ0v) is 6.47. The summed E-state index contributed by atoms with van der Waals surface area (Å²) in [6.45, 7) is 1.71. The molecular weight excluding hydrogens is 123 g/mol. The van der Waals surface area contributed by atoms with Crippen molar-refractivity contribution in [1.82, 2.24) is 4.90 Å². The molecule has 0 spiro atoms. The van der Waals surface area contributed by atoms with Crippen LogP contribution in [0.25, 0.3) is 0 Å².